The van der Waals surface area contributed by atoms with E-state index in [0.717, 1.165) is 22.4 Å². The van der Waals surface area contributed by atoms with Crippen molar-refractivity contribution >= 4 is 23.1 Å². The maximum atomic E-state index is 12.5. The highest BCUT2D eigenvalue weighted by molar-refractivity contribution is 6.10. The lowest BCUT2D eigenvalue weighted by molar-refractivity contribution is -0.137. The van der Waals surface area contributed by atoms with Gasteiger partial charge in [0.25, 0.3) is 5.91 Å². The van der Waals surface area contributed by atoms with E-state index in [0.29, 0.717) is 12.1 Å². The van der Waals surface area contributed by atoms with Gasteiger partial charge >= 0.3 is 5.97 Å². The van der Waals surface area contributed by atoms with Crippen LogP contribution in [0, 0.1) is 11.3 Å². The van der Waals surface area contributed by atoms with Gasteiger partial charge in [-0.3, -0.25) is 4.79 Å². The highest BCUT2D eigenvalue weighted by atomic mass is 16.5. The van der Waals surface area contributed by atoms with Crippen molar-refractivity contribution in [2.75, 3.05) is 11.5 Å². The summed E-state index contributed by atoms with van der Waals surface area (Å²) in [6.07, 6.45) is 0. The maximum Gasteiger partial charge on any atom is 0.349 e. The number of fused-ring (bicyclic) bond motifs is 1. The monoisotopic (exact) mass is 346 g/mol. The quantitative estimate of drug-likeness (QED) is 0.481. The first kappa shape index (κ1) is 17.4. The molecule has 0 unspecified atom stereocenters. The molecule has 0 N–H and O–H groups in total. The Kier molecular flexibility index (Phi) is 4.85. The molecule has 2 aromatic rings. The molecule has 0 saturated heterocycles. The number of hydrogen-bond acceptors (Lipinski definition) is 4. The number of hydrogen-bond donors (Lipinski definition) is 0. The largest absolute Gasteiger partial charge is 0.462 e. The van der Waals surface area contributed by atoms with Gasteiger partial charge in [-0.1, -0.05) is 30.3 Å². The van der Waals surface area contributed by atoms with Crippen LogP contribution in [0.2, 0.25) is 0 Å². The molecule has 26 heavy (non-hydrogen) atoms. The average Bonchev–Trinajstić information content (AvgIpc) is 3.00. The van der Waals surface area contributed by atoms with Crippen LogP contribution in [0.4, 0.5) is 5.69 Å². The zero-order chi connectivity index (χ0) is 18.7. The molecule has 130 valence electrons. The lowest BCUT2D eigenvalue weighted by atomic mass is 10.0. The molecule has 0 atom stereocenters. The highest BCUT2D eigenvalue weighted by Crippen LogP contribution is 2.29. The molecule has 5 heteroatoms. The third-order valence-electron chi connectivity index (χ3n) is 4.40. The van der Waals surface area contributed by atoms with Crippen molar-refractivity contribution in [3.8, 4) is 6.07 Å². The molecular formula is C21H18N2O3. The molecule has 0 spiro atoms. The van der Waals surface area contributed by atoms with Crippen LogP contribution >= 0.6 is 0 Å². The van der Waals surface area contributed by atoms with Crippen LogP contribution < -0.4 is 4.90 Å². The number of anilines is 1. The van der Waals surface area contributed by atoms with Gasteiger partial charge in [0, 0.05) is 11.3 Å². The number of amides is 1. The molecule has 1 amide bonds. The molecule has 0 bridgehead atoms. The Labute approximate surface area is 152 Å². The van der Waals surface area contributed by atoms with Crippen molar-refractivity contribution in [2.45, 2.75) is 20.4 Å². The number of allylic oxidation sites excluding steroid dienone is 1. The van der Waals surface area contributed by atoms with Gasteiger partial charge in [-0.05, 0) is 48.7 Å². The molecule has 5 nitrogen and oxygen atoms in total. The lowest BCUT2D eigenvalue weighted by Gasteiger charge is -2.16. The number of ether oxygens (including phenoxy) is 1. The first-order valence-electron chi connectivity index (χ1n) is 8.35. The van der Waals surface area contributed by atoms with E-state index < -0.39 is 5.97 Å². The fourth-order valence-corrected chi connectivity index (χ4v) is 2.98. The number of nitrogens with zero attached hydrogens (tertiary/aromatic N) is 2. The average molecular weight is 346 g/mol. The van der Waals surface area contributed by atoms with Crippen molar-refractivity contribution < 1.29 is 14.3 Å². The Bertz CT molecular complexity index is 936. The summed E-state index contributed by atoms with van der Waals surface area (Å²) in [6, 6.07) is 16.7. The molecule has 0 radical (unpaired) electrons. The number of rotatable bonds is 4. The van der Waals surface area contributed by atoms with Gasteiger partial charge in [0.05, 0.1) is 13.2 Å². The van der Waals surface area contributed by atoms with Gasteiger partial charge in [-0.2, -0.15) is 5.26 Å². The van der Waals surface area contributed by atoms with Crippen LogP contribution in [0.3, 0.4) is 0 Å². The number of carbonyl (C=O) groups is 2. The van der Waals surface area contributed by atoms with Gasteiger partial charge in [0.1, 0.15) is 11.6 Å². The summed E-state index contributed by atoms with van der Waals surface area (Å²) in [4.78, 5) is 26.1. The van der Waals surface area contributed by atoms with E-state index in [1.54, 1.807) is 30.9 Å². The molecule has 1 aliphatic heterocycles. The summed E-state index contributed by atoms with van der Waals surface area (Å²) >= 11 is 0. The second-order valence-electron chi connectivity index (χ2n) is 5.93. The van der Waals surface area contributed by atoms with Gasteiger partial charge in [-0.15, -0.1) is 0 Å². The molecule has 0 fully saturated rings. The van der Waals surface area contributed by atoms with Crippen molar-refractivity contribution in [1.82, 2.24) is 0 Å². The van der Waals surface area contributed by atoms with E-state index in [-0.39, 0.29) is 18.1 Å². The van der Waals surface area contributed by atoms with Crippen LogP contribution in [0.1, 0.15) is 35.3 Å². The number of benzene rings is 2. The van der Waals surface area contributed by atoms with Crippen LogP contribution in [0.5, 0.6) is 0 Å². The smallest absolute Gasteiger partial charge is 0.349 e. The Morgan fingerprint density at radius 1 is 1.19 bits per heavy atom. The zero-order valence-corrected chi connectivity index (χ0v) is 14.7. The summed E-state index contributed by atoms with van der Waals surface area (Å²) in [5.74, 6) is -0.647. The number of nitriles is 1. The molecule has 1 heterocycles. The Morgan fingerprint density at radius 3 is 2.50 bits per heavy atom. The Morgan fingerprint density at radius 2 is 1.88 bits per heavy atom. The summed E-state index contributed by atoms with van der Waals surface area (Å²) in [5.41, 5.74) is 3.78. The third-order valence-corrected chi connectivity index (χ3v) is 4.40. The van der Waals surface area contributed by atoms with Crippen molar-refractivity contribution in [1.29, 1.82) is 5.26 Å². The van der Waals surface area contributed by atoms with E-state index in [2.05, 4.69) is 0 Å². The van der Waals surface area contributed by atoms with Gasteiger partial charge in [0.15, 0.2) is 0 Å². The fourth-order valence-electron chi connectivity index (χ4n) is 2.98. The van der Waals surface area contributed by atoms with E-state index >= 15 is 0 Å². The predicted molar refractivity (Wildman–Crippen MR) is 98.2 cm³/mol. The molecule has 2 aromatic carbocycles. The Hall–Kier alpha value is -3.39. The molecule has 1 aliphatic rings. The van der Waals surface area contributed by atoms with Gasteiger partial charge < -0.3 is 9.64 Å². The normalized spacial score (nSPS) is 13.7. The van der Waals surface area contributed by atoms with Crippen LogP contribution in [0.15, 0.2) is 54.1 Å². The fraction of sp³-hybridized carbons (Fsp3) is 0.190. The first-order chi connectivity index (χ1) is 12.6. The van der Waals surface area contributed by atoms with Gasteiger partial charge in [-0.25, -0.2) is 4.79 Å². The number of carbonyl (C=O) groups excluding carboxylic acids is 2. The lowest BCUT2D eigenvalue weighted by Crippen LogP contribution is -2.22. The predicted octanol–water partition coefficient (Wildman–Crippen LogP) is 3.71. The first-order valence-corrected chi connectivity index (χ1v) is 8.35. The summed E-state index contributed by atoms with van der Waals surface area (Å²) in [7, 11) is 0. The maximum absolute atomic E-state index is 12.5. The second-order valence-corrected chi connectivity index (χ2v) is 5.93. The van der Waals surface area contributed by atoms with Crippen molar-refractivity contribution in [3.63, 3.8) is 0 Å². The Balaban J connectivity index is 1.87. The van der Waals surface area contributed by atoms with E-state index in [1.165, 1.54) is 0 Å². The molecule has 3 rings (SSSR count). The molecular weight excluding hydrogens is 328 g/mol. The van der Waals surface area contributed by atoms with Crippen LogP contribution in [-0.2, 0) is 16.1 Å². The third kappa shape index (κ3) is 3.09. The molecule has 0 aliphatic carbocycles. The minimum absolute atomic E-state index is 0.00995. The standard InChI is InChI=1S/C21H18N2O3/c1-3-26-21(25)19(12-22)14(2)15-8-10-17(11-9-15)23-13-16-6-4-5-7-18(16)20(23)24/h4-11H,3,13H2,1-2H3. The van der Waals surface area contributed by atoms with Crippen LogP contribution in [-0.4, -0.2) is 18.5 Å². The summed E-state index contributed by atoms with van der Waals surface area (Å²) in [5, 5.41) is 9.26. The summed E-state index contributed by atoms with van der Waals surface area (Å²) < 4.78 is 4.92. The van der Waals surface area contributed by atoms with E-state index in [4.69, 9.17) is 4.74 Å². The van der Waals surface area contributed by atoms with Crippen LogP contribution in [0.25, 0.3) is 5.57 Å². The SMILES string of the molecule is CCOC(=O)C(C#N)=C(C)c1ccc(N2Cc3ccccc3C2=O)cc1. The molecule has 0 saturated carbocycles. The minimum atomic E-state index is -0.623. The second kappa shape index (κ2) is 7.24. The summed E-state index contributed by atoms with van der Waals surface area (Å²) in [6.45, 7) is 4.16. The number of esters is 1. The van der Waals surface area contributed by atoms with Crippen molar-refractivity contribution in [3.05, 3.63) is 70.8 Å². The van der Waals surface area contributed by atoms with Crippen molar-refractivity contribution in [2.24, 2.45) is 0 Å². The zero-order valence-electron chi connectivity index (χ0n) is 14.7. The minimum Gasteiger partial charge on any atom is -0.462 e. The van der Waals surface area contributed by atoms with E-state index in [9.17, 15) is 14.9 Å². The van der Waals surface area contributed by atoms with Gasteiger partial charge in [0.2, 0.25) is 0 Å². The van der Waals surface area contributed by atoms with E-state index in [1.807, 2.05) is 42.5 Å². The topological polar surface area (TPSA) is 70.4 Å². The molecule has 0 aromatic heterocycles. The highest BCUT2D eigenvalue weighted by Gasteiger charge is 2.27.